The Balaban J connectivity index is 2.17. The van der Waals surface area contributed by atoms with Gasteiger partial charge in [-0.25, -0.2) is 0 Å². The summed E-state index contributed by atoms with van der Waals surface area (Å²) < 4.78 is 3.19. The molecule has 1 heterocycles. The second-order valence-corrected chi connectivity index (χ2v) is 5.01. The maximum atomic E-state index is 5.62. The van der Waals surface area contributed by atoms with Crippen LogP contribution in [0.15, 0.2) is 30.5 Å². The second kappa shape index (κ2) is 4.97. The first-order valence-electron chi connectivity index (χ1n) is 5.16. The van der Waals surface area contributed by atoms with E-state index >= 15 is 0 Å². The van der Waals surface area contributed by atoms with E-state index in [1.165, 1.54) is 9.13 Å². The van der Waals surface area contributed by atoms with Crippen LogP contribution in [-0.4, -0.2) is 9.78 Å². The van der Waals surface area contributed by atoms with E-state index in [0.717, 1.165) is 17.8 Å². The fourth-order valence-corrected chi connectivity index (χ4v) is 1.98. The molecule has 0 spiro atoms. The Kier molecular flexibility index (Phi) is 3.60. The van der Waals surface area contributed by atoms with Crippen molar-refractivity contribution in [2.75, 3.05) is 0 Å². The molecular formula is C12H14IN3. The molecule has 2 rings (SSSR count). The Hall–Kier alpha value is -0.880. The fraction of sp³-hybridized carbons (Fsp3) is 0.250. The van der Waals surface area contributed by atoms with Crippen molar-refractivity contribution in [3.8, 4) is 0 Å². The molecule has 0 amide bonds. The van der Waals surface area contributed by atoms with Gasteiger partial charge in [0.05, 0.1) is 12.2 Å². The predicted octanol–water partition coefficient (Wildman–Crippen LogP) is 2.30. The lowest BCUT2D eigenvalue weighted by Gasteiger charge is -2.01. The number of rotatable bonds is 3. The summed E-state index contributed by atoms with van der Waals surface area (Å²) in [5.74, 6) is 0. The van der Waals surface area contributed by atoms with Crippen molar-refractivity contribution in [1.82, 2.24) is 9.78 Å². The van der Waals surface area contributed by atoms with Gasteiger partial charge in [-0.3, -0.25) is 4.68 Å². The summed E-state index contributed by atoms with van der Waals surface area (Å²) in [6.45, 7) is 3.35. The van der Waals surface area contributed by atoms with Crippen molar-refractivity contribution in [2.24, 2.45) is 5.73 Å². The number of aromatic nitrogens is 2. The van der Waals surface area contributed by atoms with Crippen molar-refractivity contribution in [3.05, 3.63) is 50.9 Å². The average Bonchev–Trinajstić information content (AvgIpc) is 2.62. The number of nitrogens with zero attached hydrogens (tertiary/aromatic N) is 2. The summed E-state index contributed by atoms with van der Waals surface area (Å²) >= 11 is 2.30. The van der Waals surface area contributed by atoms with Gasteiger partial charge in [0.25, 0.3) is 0 Å². The summed E-state index contributed by atoms with van der Waals surface area (Å²) in [6.07, 6.45) is 2.02. The predicted molar refractivity (Wildman–Crippen MR) is 73.1 cm³/mol. The maximum Gasteiger partial charge on any atom is 0.0659 e. The highest BCUT2D eigenvalue weighted by molar-refractivity contribution is 14.1. The third-order valence-electron chi connectivity index (χ3n) is 2.53. The molecule has 0 atom stereocenters. The van der Waals surface area contributed by atoms with Gasteiger partial charge in [-0.1, -0.05) is 12.1 Å². The lowest BCUT2D eigenvalue weighted by molar-refractivity contribution is 0.679. The summed E-state index contributed by atoms with van der Waals surface area (Å²) in [5.41, 5.74) is 9.02. The highest BCUT2D eigenvalue weighted by Gasteiger charge is 2.03. The van der Waals surface area contributed by atoms with Crippen LogP contribution in [0.5, 0.6) is 0 Å². The summed E-state index contributed by atoms with van der Waals surface area (Å²) in [4.78, 5) is 0. The van der Waals surface area contributed by atoms with Gasteiger partial charge >= 0.3 is 0 Å². The van der Waals surface area contributed by atoms with Gasteiger partial charge < -0.3 is 5.73 Å². The zero-order chi connectivity index (χ0) is 11.5. The molecule has 16 heavy (non-hydrogen) atoms. The number of benzene rings is 1. The Morgan fingerprint density at radius 3 is 2.56 bits per heavy atom. The van der Waals surface area contributed by atoms with Crippen molar-refractivity contribution >= 4 is 22.6 Å². The van der Waals surface area contributed by atoms with Crippen LogP contribution < -0.4 is 5.73 Å². The minimum Gasteiger partial charge on any atom is -0.326 e. The van der Waals surface area contributed by atoms with Crippen LogP contribution in [0.2, 0.25) is 0 Å². The highest BCUT2D eigenvalue weighted by atomic mass is 127. The molecule has 0 unspecified atom stereocenters. The van der Waals surface area contributed by atoms with Crippen LogP contribution in [0, 0.1) is 10.5 Å². The highest BCUT2D eigenvalue weighted by Crippen LogP contribution is 2.10. The van der Waals surface area contributed by atoms with Crippen LogP contribution in [-0.2, 0) is 13.1 Å². The number of hydrogen-bond donors (Lipinski definition) is 1. The van der Waals surface area contributed by atoms with Crippen molar-refractivity contribution in [2.45, 2.75) is 20.0 Å². The molecule has 0 aliphatic heterocycles. The zero-order valence-electron chi connectivity index (χ0n) is 9.15. The fourth-order valence-electron chi connectivity index (χ4n) is 1.62. The van der Waals surface area contributed by atoms with Gasteiger partial charge in [0, 0.05) is 21.9 Å². The minimum absolute atomic E-state index is 0.554. The Morgan fingerprint density at radius 1 is 1.31 bits per heavy atom. The molecule has 0 fully saturated rings. The normalized spacial score (nSPS) is 10.7. The molecule has 84 valence electrons. The largest absolute Gasteiger partial charge is 0.326 e. The van der Waals surface area contributed by atoms with Gasteiger partial charge in [0.15, 0.2) is 0 Å². The van der Waals surface area contributed by atoms with Crippen molar-refractivity contribution in [3.63, 3.8) is 0 Å². The zero-order valence-corrected chi connectivity index (χ0v) is 11.3. The van der Waals surface area contributed by atoms with Crippen LogP contribution in [0.1, 0.15) is 16.8 Å². The second-order valence-electron chi connectivity index (χ2n) is 3.77. The molecule has 0 aliphatic rings. The van der Waals surface area contributed by atoms with Crippen LogP contribution in [0.4, 0.5) is 0 Å². The Labute approximate surface area is 109 Å². The average molecular weight is 327 g/mol. The van der Waals surface area contributed by atoms with E-state index in [1.807, 2.05) is 17.8 Å². The topological polar surface area (TPSA) is 43.8 Å². The first kappa shape index (κ1) is 11.6. The van der Waals surface area contributed by atoms with Gasteiger partial charge in [-0.15, -0.1) is 0 Å². The molecule has 1 aromatic carbocycles. The van der Waals surface area contributed by atoms with E-state index in [4.69, 9.17) is 5.73 Å². The third-order valence-corrected chi connectivity index (χ3v) is 3.24. The first-order chi connectivity index (χ1) is 7.69. The molecule has 0 saturated carbocycles. The summed E-state index contributed by atoms with van der Waals surface area (Å²) in [7, 11) is 0. The molecule has 3 nitrogen and oxygen atoms in total. The van der Waals surface area contributed by atoms with Gasteiger partial charge in [-0.05, 0) is 47.2 Å². The molecule has 1 aromatic heterocycles. The third kappa shape index (κ3) is 2.62. The van der Waals surface area contributed by atoms with E-state index in [-0.39, 0.29) is 0 Å². The number of aryl methyl sites for hydroxylation is 1. The molecule has 2 aromatic rings. The summed E-state index contributed by atoms with van der Waals surface area (Å²) in [6, 6.07) is 8.47. The lowest BCUT2D eigenvalue weighted by Crippen LogP contribution is -2.00. The van der Waals surface area contributed by atoms with E-state index < -0.39 is 0 Å². The molecule has 0 saturated heterocycles. The summed E-state index contributed by atoms with van der Waals surface area (Å²) in [5, 5.41) is 4.43. The standard InChI is InChI=1S/C12H14IN3/c1-9-11(6-14)8-16(15-9)7-10-2-4-12(13)5-3-10/h2-5,8H,6-7,14H2,1H3. The van der Waals surface area contributed by atoms with E-state index in [1.54, 1.807) is 0 Å². The molecule has 4 heteroatoms. The van der Waals surface area contributed by atoms with Crippen LogP contribution in [0.25, 0.3) is 0 Å². The van der Waals surface area contributed by atoms with Gasteiger partial charge in [-0.2, -0.15) is 5.10 Å². The van der Waals surface area contributed by atoms with E-state index in [9.17, 15) is 0 Å². The Bertz CT molecular complexity index is 474. The maximum absolute atomic E-state index is 5.62. The number of halogens is 1. The first-order valence-corrected chi connectivity index (χ1v) is 6.24. The Morgan fingerprint density at radius 2 is 2.00 bits per heavy atom. The monoisotopic (exact) mass is 327 g/mol. The molecule has 0 bridgehead atoms. The van der Waals surface area contributed by atoms with Crippen LogP contribution in [0.3, 0.4) is 0 Å². The van der Waals surface area contributed by atoms with Gasteiger partial charge in [0.2, 0.25) is 0 Å². The number of hydrogen-bond acceptors (Lipinski definition) is 2. The number of nitrogens with two attached hydrogens (primary N) is 1. The van der Waals surface area contributed by atoms with E-state index in [2.05, 4.69) is 52.0 Å². The molecule has 2 N–H and O–H groups in total. The van der Waals surface area contributed by atoms with Gasteiger partial charge in [0.1, 0.15) is 0 Å². The van der Waals surface area contributed by atoms with Crippen molar-refractivity contribution in [1.29, 1.82) is 0 Å². The van der Waals surface area contributed by atoms with Crippen LogP contribution >= 0.6 is 22.6 Å². The molecular weight excluding hydrogens is 313 g/mol. The SMILES string of the molecule is Cc1nn(Cc2ccc(I)cc2)cc1CN. The van der Waals surface area contributed by atoms with Crippen molar-refractivity contribution < 1.29 is 0 Å². The van der Waals surface area contributed by atoms with E-state index in [0.29, 0.717) is 6.54 Å². The lowest BCUT2D eigenvalue weighted by atomic mass is 10.2. The quantitative estimate of drug-likeness (QED) is 0.879. The molecule has 0 radical (unpaired) electrons. The smallest absolute Gasteiger partial charge is 0.0659 e. The molecule has 0 aliphatic carbocycles. The minimum atomic E-state index is 0.554.